The molecular formula is C64H43F12N5O7S3. The van der Waals surface area contributed by atoms with Crippen molar-refractivity contribution < 1.29 is 86.4 Å². The Kier molecular flexibility index (Phi) is 19.7. The minimum atomic E-state index is -3.03. The number of ether oxygens (including phenoxy) is 3. The van der Waals surface area contributed by atoms with Crippen molar-refractivity contribution in [3.63, 3.8) is 0 Å². The molecule has 0 unspecified atom stereocenters. The van der Waals surface area contributed by atoms with Crippen LogP contribution in [0.25, 0.3) is 64.0 Å². The molecule has 0 fully saturated rings. The molecule has 1 amide bonds. The molecule has 27 heteroatoms. The summed E-state index contributed by atoms with van der Waals surface area (Å²) in [5.74, 6) is -6.32. The Hall–Kier alpha value is -9.44. The van der Waals surface area contributed by atoms with Crippen molar-refractivity contribution in [3.05, 3.63) is 217 Å². The third kappa shape index (κ3) is 14.0. The molecule has 91 heavy (non-hydrogen) atoms. The number of aromatic nitrogens is 3. The predicted octanol–water partition coefficient (Wildman–Crippen LogP) is 17.7. The van der Waals surface area contributed by atoms with Crippen molar-refractivity contribution in [2.24, 2.45) is 5.73 Å². The highest BCUT2D eigenvalue weighted by Gasteiger charge is 2.32. The fourth-order valence-corrected chi connectivity index (χ4v) is 13.7. The van der Waals surface area contributed by atoms with Gasteiger partial charge < -0.3 is 30.4 Å². The van der Waals surface area contributed by atoms with Crippen LogP contribution in [-0.2, 0) is 4.74 Å². The quantitative estimate of drug-likeness (QED) is 0.0877. The van der Waals surface area contributed by atoms with Crippen LogP contribution in [0, 0.1) is 34.9 Å². The number of carboxylic acid groups (broad SMARTS) is 1. The molecule has 5 aromatic carbocycles. The molecule has 0 bridgehead atoms. The molecule has 2 atom stereocenters. The maximum Gasteiger partial charge on any atom is 0.348 e. The van der Waals surface area contributed by atoms with Gasteiger partial charge in [0.1, 0.15) is 61.0 Å². The lowest BCUT2D eigenvalue weighted by Crippen LogP contribution is -2.32. The molecule has 468 valence electrons. The van der Waals surface area contributed by atoms with Crippen LogP contribution in [0.1, 0.15) is 101 Å². The van der Waals surface area contributed by atoms with E-state index < -0.39 is 99.6 Å². The first-order valence-corrected chi connectivity index (χ1v) is 29.3. The molecule has 0 aliphatic carbocycles. The van der Waals surface area contributed by atoms with E-state index in [1.165, 1.54) is 36.8 Å². The summed E-state index contributed by atoms with van der Waals surface area (Å²) < 4.78 is 179. The number of carbonyl (C=O) groups excluding carboxylic acids is 2. The topological polar surface area (TPSA) is 176 Å². The molecular weight excluding hydrogens is 1270 g/mol. The fourth-order valence-electron chi connectivity index (χ4n) is 10.1. The summed E-state index contributed by atoms with van der Waals surface area (Å²) in [5.41, 5.74) is 7.06. The average Bonchev–Trinajstić information content (AvgIpc) is 1.64. The third-order valence-corrected chi connectivity index (χ3v) is 17.7. The van der Waals surface area contributed by atoms with Gasteiger partial charge >= 0.3 is 11.9 Å². The zero-order valence-electron chi connectivity index (χ0n) is 46.6. The first-order valence-electron chi connectivity index (χ1n) is 26.9. The van der Waals surface area contributed by atoms with Gasteiger partial charge in [0, 0.05) is 83.5 Å². The van der Waals surface area contributed by atoms with Gasteiger partial charge in [-0.3, -0.25) is 19.7 Å². The minimum Gasteiger partial charge on any atom is -0.493 e. The van der Waals surface area contributed by atoms with Crippen molar-refractivity contribution in [2.75, 3.05) is 20.3 Å². The van der Waals surface area contributed by atoms with Crippen LogP contribution in [0.5, 0.6) is 11.5 Å². The summed E-state index contributed by atoms with van der Waals surface area (Å²) >= 11 is 2.20. The highest BCUT2D eigenvalue weighted by atomic mass is 32.1. The summed E-state index contributed by atoms with van der Waals surface area (Å²) in [5, 5.41) is 11.9. The van der Waals surface area contributed by atoms with Gasteiger partial charge in [0.25, 0.3) is 25.2 Å². The normalized spacial score (nSPS) is 14.1. The molecule has 2 aliphatic heterocycles. The number of carbonyl (C=O) groups is 3. The summed E-state index contributed by atoms with van der Waals surface area (Å²) in [7, 11) is 1.08. The maximum atomic E-state index is 14.1. The number of thiophene rings is 3. The summed E-state index contributed by atoms with van der Waals surface area (Å²) in [6.07, 6.45) is -3.78. The van der Waals surface area contributed by atoms with E-state index in [2.05, 4.69) is 25.0 Å². The first-order chi connectivity index (χ1) is 43.6. The number of hydrogen-bond donors (Lipinski definition) is 3. The van der Waals surface area contributed by atoms with E-state index in [0.29, 0.717) is 53.4 Å². The highest BCUT2D eigenvalue weighted by Crippen LogP contribution is 2.45. The standard InChI is InChI=1S/C24H16F4N2O2S.C16H9F4NO2S.C15H7F4NO2S.C9H11NO/c25-13-9-12(10-14(26)11-13)15-5-7-29-20-19(23(27)28)22(33-21(15)20)24(31)30-17-6-8-32-18-4-2-1-3-16(17)18;1-23-16(22)14-11(15(19)20)12-13(24-14)10(2-3-21-12)7-4-8(17)6-9(18)5-7;16-7-3-6(4-8(17)5-7)9-1-2-20-11-10(14(18)19)13(15(21)22)23-12(9)11;10-8-5-6-11-9-4-2-1-3-7(8)9/h1-5,7,9-11,17,23H,6,8H2,(H,30,31);2-6,15H,1H3;1-5,14H,(H,21,22);1-4,8H,5-6,10H2/t17-;;;8-/m0..0/s1. The molecule has 12 nitrogen and oxygen atoms in total. The van der Waals surface area contributed by atoms with Crippen LogP contribution in [0.15, 0.2) is 140 Å². The molecule has 0 saturated carbocycles. The van der Waals surface area contributed by atoms with Crippen molar-refractivity contribution >= 4 is 82.5 Å². The van der Waals surface area contributed by atoms with Crippen molar-refractivity contribution in [1.29, 1.82) is 0 Å². The maximum absolute atomic E-state index is 14.1. The van der Waals surface area contributed by atoms with Crippen LogP contribution in [0.3, 0.4) is 0 Å². The molecule has 0 spiro atoms. The molecule has 13 rings (SSSR count). The van der Waals surface area contributed by atoms with E-state index in [9.17, 15) is 67.1 Å². The second-order valence-electron chi connectivity index (χ2n) is 19.8. The molecule has 8 heterocycles. The lowest BCUT2D eigenvalue weighted by Gasteiger charge is -2.26. The van der Waals surface area contributed by atoms with Gasteiger partial charge in [-0.1, -0.05) is 36.4 Å². The van der Waals surface area contributed by atoms with Crippen LogP contribution in [0.4, 0.5) is 52.7 Å². The Morgan fingerprint density at radius 3 is 1.30 bits per heavy atom. The first kappa shape index (κ1) is 64.5. The number of amides is 1. The number of esters is 1. The van der Waals surface area contributed by atoms with Gasteiger partial charge in [-0.25, -0.2) is 62.3 Å². The number of pyridine rings is 3. The number of rotatable bonds is 10. The molecule has 11 aromatic rings. The number of halogens is 12. The summed E-state index contributed by atoms with van der Waals surface area (Å²) in [6, 6.07) is 27.9. The lowest BCUT2D eigenvalue weighted by molar-refractivity contribution is 0.0595. The van der Waals surface area contributed by atoms with Crippen molar-refractivity contribution in [3.8, 4) is 44.9 Å². The van der Waals surface area contributed by atoms with Crippen LogP contribution >= 0.6 is 34.0 Å². The number of nitrogens with two attached hydrogens (primary N) is 1. The van der Waals surface area contributed by atoms with Gasteiger partial charge in [-0.05, 0) is 83.4 Å². The van der Waals surface area contributed by atoms with E-state index in [1.807, 2.05) is 42.5 Å². The zero-order valence-corrected chi connectivity index (χ0v) is 49.0. The molecule has 4 N–H and O–H groups in total. The number of alkyl halides is 6. The number of benzene rings is 5. The number of aromatic carboxylic acids is 1. The second kappa shape index (κ2) is 27.7. The highest BCUT2D eigenvalue weighted by molar-refractivity contribution is 7.22. The van der Waals surface area contributed by atoms with E-state index in [1.54, 1.807) is 6.07 Å². The minimum absolute atomic E-state index is 0.0605. The number of methoxy groups -OCH3 is 1. The van der Waals surface area contributed by atoms with Crippen molar-refractivity contribution in [2.45, 2.75) is 44.2 Å². The summed E-state index contributed by atoms with van der Waals surface area (Å²) in [4.78, 5) is 46.9. The molecule has 2 aliphatic rings. The fraction of sp³-hybridized carbons (Fsp3) is 0.156. The van der Waals surface area contributed by atoms with Gasteiger partial charge in [0.2, 0.25) is 0 Å². The van der Waals surface area contributed by atoms with E-state index in [4.69, 9.17) is 20.3 Å². The molecule has 0 saturated heterocycles. The number of fused-ring (bicyclic) bond motifs is 5. The zero-order chi connectivity index (χ0) is 64.9. The number of nitrogens with zero attached hydrogens (tertiary/aromatic N) is 3. The number of para-hydroxylation sites is 2. The number of hydrogen-bond acceptors (Lipinski definition) is 13. The van der Waals surface area contributed by atoms with Gasteiger partial charge in [-0.2, -0.15) is 0 Å². The Morgan fingerprint density at radius 1 is 0.527 bits per heavy atom. The predicted molar refractivity (Wildman–Crippen MR) is 318 cm³/mol. The smallest absolute Gasteiger partial charge is 0.348 e. The monoisotopic (exact) mass is 1320 g/mol. The van der Waals surface area contributed by atoms with Gasteiger partial charge in [-0.15, -0.1) is 34.0 Å². The average molecular weight is 1320 g/mol. The SMILES string of the molecule is COC(=O)c1sc2c(-c3cc(F)cc(F)c3)ccnc2c1C(F)F.N[C@H]1CCOc2ccccc21.O=C(N[C@H]1CCOc2ccccc21)c1sc2c(-c3cc(F)cc(F)c3)ccnc2c1C(F)F.O=C(O)c1sc2c(-c3cc(F)cc(F)c3)ccnc2c1C(F)F. The van der Waals surface area contributed by atoms with Gasteiger partial charge in [0.15, 0.2) is 0 Å². The van der Waals surface area contributed by atoms with Gasteiger partial charge in [0.05, 0.1) is 73.7 Å². The van der Waals surface area contributed by atoms with Crippen LogP contribution < -0.4 is 20.5 Å². The second-order valence-corrected chi connectivity index (χ2v) is 22.9. The van der Waals surface area contributed by atoms with E-state index in [0.717, 1.165) is 102 Å². The Balaban J connectivity index is 0.000000140. The number of carboxylic acids is 1. The Bertz CT molecular complexity index is 4510. The van der Waals surface area contributed by atoms with Crippen LogP contribution in [0.2, 0.25) is 0 Å². The van der Waals surface area contributed by atoms with E-state index >= 15 is 0 Å². The molecule has 0 radical (unpaired) electrons. The van der Waals surface area contributed by atoms with Crippen LogP contribution in [-0.4, -0.2) is 58.2 Å². The number of nitrogens with one attached hydrogen (secondary N) is 1. The van der Waals surface area contributed by atoms with E-state index in [-0.39, 0.29) is 68.7 Å². The molecule has 6 aromatic heterocycles. The van der Waals surface area contributed by atoms with Crippen molar-refractivity contribution in [1.82, 2.24) is 20.3 Å². The lowest BCUT2D eigenvalue weighted by atomic mass is 10.0. The Labute approximate surface area is 519 Å². The largest absolute Gasteiger partial charge is 0.493 e. The Morgan fingerprint density at radius 2 is 0.890 bits per heavy atom. The summed E-state index contributed by atoms with van der Waals surface area (Å²) in [6.45, 7) is 1.13. The third-order valence-electron chi connectivity index (χ3n) is 14.0.